The third-order valence-electron chi connectivity index (χ3n) is 4.03. The van der Waals surface area contributed by atoms with Gasteiger partial charge in [0.25, 0.3) is 0 Å². The quantitative estimate of drug-likeness (QED) is 0.587. The summed E-state index contributed by atoms with van der Waals surface area (Å²) in [7, 11) is 1.90. The standard InChI is InChI=1S/C16H33N3/c1-5-8-12-19(13-9-6-2)14-10-11-16(7-3,15-17)18-4/h18H,5-14H2,1-4H3. The van der Waals surface area contributed by atoms with Crippen LogP contribution in [0.5, 0.6) is 0 Å². The molecule has 0 aromatic carbocycles. The average molecular weight is 267 g/mol. The van der Waals surface area contributed by atoms with Crippen molar-refractivity contribution in [2.75, 3.05) is 26.7 Å². The molecule has 0 aromatic heterocycles. The number of nitriles is 1. The molecular weight excluding hydrogens is 234 g/mol. The highest BCUT2D eigenvalue weighted by Gasteiger charge is 2.24. The number of hydrogen-bond acceptors (Lipinski definition) is 3. The first-order valence-corrected chi connectivity index (χ1v) is 8.00. The van der Waals surface area contributed by atoms with Crippen molar-refractivity contribution in [2.45, 2.75) is 71.3 Å². The normalized spacial score (nSPS) is 14.3. The molecule has 0 spiro atoms. The smallest absolute Gasteiger partial charge is 0.106 e. The van der Waals surface area contributed by atoms with E-state index in [0.717, 1.165) is 25.8 Å². The average Bonchev–Trinajstić information content (AvgIpc) is 2.46. The van der Waals surface area contributed by atoms with Gasteiger partial charge in [-0.05, 0) is 58.8 Å². The van der Waals surface area contributed by atoms with E-state index in [1.807, 2.05) is 7.05 Å². The van der Waals surface area contributed by atoms with Crippen LogP contribution in [0.2, 0.25) is 0 Å². The van der Waals surface area contributed by atoms with E-state index < -0.39 is 0 Å². The predicted molar refractivity (Wildman–Crippen MR) is 83.2 cm³/mol. The molecular formula is C16H33N3. The lowest BCUT2D eigenvalue weighted by Gasteiger charge is -2.27. The zero-order valence-corrected chi connectivity index (χ0v) is 13.5. The maximum absolute atomic E-state index is 9.30. The monoisotopic (exact) mass is 267 g/mol. The highest BCUT2D eigenvalue weighted by atomic mass is 15.1. The van der Waals surface area contributed by atoms with Gasteiger partial charge in [-0.25, -0.2) is 0 Å². The topological polar surface area (TPSA) is 39.1 Å². The first-order valence-electron chi connectivity index (χ1n) is 8.00. The van der Waals surface area contributed by atoms with Gasteiger partial charge >= 0.3 is 0 Å². The zero-order valence-electron chi connectivity index (χ0n) is 13.5. The molecule has 0 saturated heterocycles. The Balaban J connectivity index is 4.11. The molecule has 3 nitrogen and oxygen atoms in total. The van der Waals surface area contributed by atoms with Crippen LogP contribution >= 0.6 is 0 Å². The lowest BCUT2D eigenvalue weighted by atomic mass is 9.92. The van der Waals surface area contributed by atoms with Crippen molar-refractivity contribution in [1.82, 2.24) is 10.2 Å². The molecule has 0 heterocycles. The van der Waals surface area contributed by atoms with Gasteiger partial charge in [0.1, 0.15) is 5.54 Å². The molecule has 0 radical (unpaired) electrons. The number of unbranched alkanes of at least 4 members (excludes halogenated alkanes) is 2. The zero-order chi connectivity index (χ0) is 14.6. The highest BCUT2D eigenvalue weighted by molar-refractivity contribution is 5.05. The molecule has 0 amide bonds. The van der Waals surface area contributed by atoms with Crippen molar-refractivity contribution in [1.29, 1.82) is 5.26 Å². The van der Waals surface area contributed by atoms with Crippen LogP contribution in [0.1, 0.15) is 65.7 Å². The van der Waals surface area contributed by atoms with Crippen LogP contribution in [0.15, 0.2) is 0 Å². The maximum Gasteiger partial charge on any atom is 0.106 e. The Morgan fingerprint density at radius 1 is 1.00 bits per heavy atom. The molecule has 0 bridgehead atoms. The Hall–Kier alpha value is -0.590. The summed E-state index contributed by atoms with van der Waals surface area (Å²) < 4.78 is 0. The predicted octanol–water partition coefficient (Wildman–Crippen LogP) is 3.56. The van der Waals surface area contributed by atoms with Gasteiger partial charge < -0.3 is 10.2 Å². The SMILES string of the molecule is CCCCN(CCCC)CCCC(C#N)(CC)NC. The van der Waals surface area contributed by atoms with E-state index in [1.165, 1.54) is 38.8 Å². The molecule has 0 fully saturated rings. The molecule has 1 atom stereocenters. The van der Waals surface area contributed by atoms with E-state index in [1.54, 1.807) is 0 Å². The van der Waals surface area contributed by atoms with Crippen LogP contribution in [0, 0.1) is 11.3 Å². The summed E-state index contributed by atoms with van der Waals surface area (Å²) in [5.74, 6) is 0. The minimum atomic E-state index is -0.318. The van der Waals surface area contributed by atoms with Gasteiger partial charge in [0.2, 0.25) is 0 Å². The van der Waals surface area contributed by atoms with Gasteiger partial charge in [0, 0.05) is 0 Å². The summed E-state index contributed by atoms with van der Waals surface area (Å²) in [4.78, 5) is 2.57. The summed E-state index contributed by atoms with van der Waals surface area (Å²) in [5, 5.41) is 12.5. The highest BCUT2D eigenvalue weighted by Crippen LogP contribution is 2.16. The van der Waals surface area contributed by atoms with Gasteiger partial charge in [-0.1, -0.05) is 33.6 Å². The second-order valence-electron chi connectivity index (χ2n) is 5.45. The van der Waals surface area contributed by atoms with Crippen molar-refractivity contribution in [2.24, 2.45) is 0 Å². The lowest BCUT2D eigenvalue weighted by molar-refractivity contribution is 0.248. The maximum atomic E-state index is 9.30. The summed E-state index contributed by atoms with van der Waals surface area (Å²) in [6, 6.07) is 2.45. The molecule has 0 aliphatic rings. The van der Waals surface area contributed by atoms with Crippen LogP contribution in [0.25, 0.3) is 0 Å². The molecule has 0 rings (SSSR count). The second kappa shape index (κ2) is 11.3. The number of nitrogens with zero attached hydrogens (tertiary/aromatic N) is 2. The van der Waals surface area contributed by atoms with Gasteiger partial charge in [-0.2, -0.15) is 5.26 Å². The minimum Gasteiger partial charge on any atom is -0.303 e. The molecule has 3 heteroatoms. The van der Waals surface area contributed by atoms with Gasteiger partial charge in [0.15, 0.2) is 0 Å². The Morgan fingerprint density at radius 2 is 1.53 bits per heavy atom. The molecule has 0 aliphatic heterocycles. The first-order chi connectivity index (χ1) is 9.17. The Morgan fingerprint density at radius 3 is 1.89 bits per heavy atom. The Bertz CT molecular complexity index is 233. The number of hydrogen-bond donors (Lipinski definition) is 1. The van der Waals surface area contributed by atoms with Crippen LogP contribution < -0.4 is 5.32 Å². The van der Waals surface area contributed by atoms with E-state index in [0.29, 0.717) is 0 Å². The van der Waals surface area contributed by atoms with E-state index in [4.69, 9.17) is 0 Å². The molecule has 112 valence electrons. The van der Waals surface area contributed by atoms with Crippen molar-refractivity contribution >= 4 is 0 Å². The van der Waals surface area contributed by atoms with E-state index in [2.05, 4.69) is 37.1 Å². The third-order valence-corrected chi connectivity index (χ3v) is 4.03. The minimum absolute atomic E-state index is 0.318. The van der Waals surface area contributed by atoms with Crippen molar-refractivity contribution in [3.8, 4) is 6.07 Å². The van der Waals surface area contributed by atoms with Crippen LogP contribution in [0.4, 0.5) is 0 Å². The molecule has 19 heavy (non-hydrogen) atoms. The molecule has 0 aliphatic carbocycles. The van der Waals surface area contributed by atoms with E-state index >= 15 is 0 Å². The van der Waals surface area contributed by atoms with Gasteiger partial charge in [0.05, 0.1) is 6.07 Å². The van der Waals surface area contributed by atoms with Gasteiger partial charge in [-0.3, -0.25) is 0 Å². The van der Waals surface area contributed by atoms with Crippen LogP contribution in [-0.2, 0) is 0 Å². The Labute approximate surface area is 120 Å². The number of rotatable bonds is 12. The van der Waals surface area contributed by atoms with Crippen LogP contribution in [0.3, 0.4) is 0 Å². The Kier molecular flexibility index (Phi) is 10.9. The number of nitrogens with one attached hydrogen (secondary N) is 1. The van der Waals surface area contributed by atoms with Crippen LogP contribution in [-0.4, -0.2) is 37.1 Å². The fourth-order valence-electron chi connectivity index (χ4n) is 2.37. The van der Waals surface area contributed by atoms with Gasteiger partial charge in [-0.15, -0.1) is 0 Å². The lowest BCUT2D eigenvalue weighted by Crippen LogP contribution is -2.41. The summed E-state index contributed by atoms with van der Waals surface area (Å²) in [5.41, 5.74) is -0.318. The molecule has 0 aromatic rings. The van der Waals surface area contributed by atoms with Crippen molar-refractivity contribution < 1.29 is 0 Å². The largest absolute Gasteiger partial charge is 0.303 e. The van der Waals surface area contributed by atoms with Crippen molar-refractivity contribution in [3.05, 3.63) is 0 Å². The second-order valence-corrected chi connectivity index (χ2v) is 5.45. The fourth-order valence-corrected chi connectivity index (χ4v) is 2.37. The fraction of sp³-hybridized carbons (Fsp3) is 0.938. The van der Waals surface area contributed by atoms with E-state index in [-0.39, 0.29) is 5.54 Å². The van der Waals surface area contributed by atoms with E-state index in [9.17, 15) is 5.26 Å². The third kappa shape index (κ3) is 7.54. The molecule has 0 saturated carbocycles. The molecule has 1 unspecified atom stereocenters. The summed E-state index contributed by atoms with van der Waals surface area (Å²) >= 11 is 0. The molecule has 1 N–H and O–H groups in total. The summed E-state index contributed by atoms with van der Waals surface area (Å²) in [6.45, 7) is 10.1. The first kappa shape index (κ1) is 18.4. The summed E-state index contributed by atoms with van der Waals surface area (Å²) in [6.07, 6.45) is 8.02. The van der Waals surface area contributed by atoms with Crippen molar-refractivity contribution in [3.63, 3.8) is 0 Å².